The molecule has 0 unspecified atom stereocenters. The molecule has 0 fully saturated rings. The molecule has 0 spiro atoms. The van der Waals surface area contributed by atoms with Crippen molar-refractivity contribution in [3.8, 4) is 0 Å². The van der Waals surface area contributed by atoms with Gasteiger partial charge >= 0.3 is 6.18 Å². The molecule has 0 heterocycles. The van der Waals surface area contributed by atoms with Gasteiger partial charge in [-0.3, -0.25) is 0 Å². The molecule has 2 nitrogen and oxygen atoms in total. The first-order chi connectivity index (χ1) is 5.06. The molecule has 0 aliphatic rings. The Morgan fingerprint density at radius 3 is 2.18 bits per heavy atom. The van der Waals surface area contributed by atoms with E-state index in [1.807, 2.05) is 0 Å². The molecule has 0 aromatic carbocycles. The normalized spacial score (nSPS) is 12.0. The maximum atomic E-state index is 11.3. The van der Waals surface area contributed by atoms with Crippen molar-refractivity contribution in [2.24, 2.45) is 0 Å². The summed E-state index contributed by atoms with van der Waals surface area (Å²) < 4.78 is 53.4. The van der Waals surface area contributed by atoms with Crippen LogP contribution in [0.2, 0.25) is 0 Å². The Morgan fingerprint density at radius 1 is 1.09 bits per heavy atom. The first-order valence-corrected chi connectivity index (χ1v) is 2.84. The van der Waals surface area contributed by atoms with Gasteiger partial charge in [0.15, 0.2) is 0 Å². The summed E-state index contributed by atoms with van der Waals surface area (Å²) in [7, 11) is 0. The zero-order valence-corrected chi connectivity index (χ0v) is 5.66. The summed E-state index contributed by atoms with van der Waals surface area (Å²) >= 11 is 0. The van der Waals surface area contributed by atoms with Gasteiger partial charge in [0.1, 0.15) is 20.1 Å². The fourth-order valence-corrected chi connectivity index (χ4v) is 0.330. The third kappa shape index (κ3) is 9.64. The van der Waals surface area contributed by atoms with Crippen LogP contribution in [0.25, 0.3) is 0 Å². The minimum atomic E-state index is -4.35. The van der Waals surface area contributed by atoms with E-state index < -0.39 is 26.3 Å². The molecular formula is C5H8F4O2. The van der Waals surface area contributed by atoms with Crippen molar-refractivity contribution in [2.45, 2.75) is 6.18 Å². The second kappa shape index (κ2) is 5.31. The van der Waals surface area contributed by atoms with Gasteiger partial charge in [0.05, 0.1) is 6.61 Å². The second-order valence-corrected chi connectivity index (χ2v) is 1.68. The fraction of sp³-hybridized carbons (Fsp3) is 1.00. The molecule has 68 valence electrons. The van der Waals surface area contributed by atoms with Crippen LogP contribution in [0.5, 0.6) is 0 Å². The molecule has 0 aromatic rings. The first-order valence-electron chi connectivity index (χ1n) is 2.84. The Morgan fingerprint density at radius 2 is 1.73 bits per heavy atom. The van der Waals surface area contributed by atoms with Crippen molar-refractivity contribution < 1.29 is 27.0 Å². The van der Waals surface area contributed by atoms with Gasteiger partial charge in [0, 0.05) is 0 Å². The second-order valence-electron chi connectivity index (χ2n) is 1.68. The molecule has 0 aromatic heterocycles. The number of halogens is 4. The lowest BCUT2D eigenvalue weighted by atomic mass is 10.7. The van der Waals surface area contributed by atoms with Crippen molar-refractivity contribution >= 4 is 0 Å². The van der Waals surface area contributed by atoms with Gasteiger partial charge in [-0.25, -0.2) is 4.39 Å². The predicted molar refractivity (Wildman–Crippen MR) is 28.8 cm³/mol. The summed E-state index contributed by atoms with van der Waals surface area (Å²) in [5.74, 6) is 0. The van der Waals surface area contributed by atoms with Gasteiger partial charge in [0.2, 0.25) is 0 Å². The van der Waals surface area contributed by atoms with E-state index in [9.17, 15) is 17.6 Å². The predicted octanol–water partition coefficient (Wildman–Crippen LogP) is 1.51. The molecule has 6 heteroatoms. The fourth-order valence-electron chi connectivity index (χ4n) is 0.330. The van der Waals surface area contributed by atoms with Crippen LogP contribution in [-0.2, 0) is 9.47 Å². The van der Waals surface area contributed by atoms with E-state index in [2.05, 4.69) is 9.47 Å². The zero-order valence-electron chi connectivity index (χ0n) is 5.66. The molecular weight excluding hydrogens is 168 g/mol. The zero-order chi connectivity index (χ0) is 8.74. The highest BCUT2D eigenvalue weighted by molar-refractivity contribution is 4.43. The lowest BCUT2D eigenvalue weighted by molar-refractivity contribution is -0.196. The smallest absolute Gasteiger partial charge is 0.353 e. The van der Waals surface area contributed by atoms with Gasteiger partial charge < -0.3 is 9.47 Å². The number of hydrogen-bond acceptors (Lipinski definition) is 2. The van der Waals surface area contributed by atoms with Crippen LogP contribution < -0.4 is 0 Å². The van der Waals surface area contributed by atoms with Crippen molar-refractivity contribution in [1.82, 2.24) is 0 Å². The first kappa shape index (κ1) is 10.6. The van der Waals surface area contributed by atoms with Gasteiger partial charge in [0.25, 0.3) is 0 Å². The minimum absolute atomic E-state index is 0.238. The Bertz CT molecular complexity index is 93.0. The quantitative estimate of drug-likeness (QED) is 0.359. The molecule has 0 radical (unpaired) electrons. The van der Waals surface area contributed by atoms with E-state index in [-0.39, 0.29) is 6.61 Å². The van der Waals surface area contributed by atoms with Gasteiger partial charge in [-0.1, -0.05) is 0 Å². The van der Waals surface area contributed by atoms with Crippen LogP contribution in [0.4, 0.5) is 17.6 Å². The lowest BCUT2D eigenvalue weighted by Gasteiger charge is -2.06. The molecule has 0 atom stereocenters. The van der Waals surface area contributed by atoms with Crippen LogP contribution in [0.3, 0.4) is 0 Å². The van der Waals surface area contributed by atoms with E-state index in [0.29, 0.717) is 0 Å². The van der Waals surface area contributed by atoms with Crippen LogP contribution in [0.15, 0.2) is 0 Å². The number of hydrogen-bond donors (Lipinski definition) is 0. The summed E-state index contributed by atoms with van der Waals surface area (Å²) in [5, 5.41) is 0. The van der Waals surface area contributed by atoms with Crippen LogP contribution >= 0.6 is 0 Å². The van der Waals surface area contributed by atoms with Gasteiger partial charge in [-0.15, -0.1) is 0 Å². The van der Waals surface area contributed by atoms with Crippen LogP contribution in [0, 0.1) is 0 Å². The highest BCUT2D eigenvalue weighted by Crippen LogP contribution is 2.13. The third-order valence-electron chi connectivity index (χ3n) is 0.654. The topological polar surface area (TPSA) is 18.5 Å². The third-order valence-corrected chi connectivity index (χ3v) is 0.654. The summed E-state index contributed by atoms with van der Waals surface area (Å²) in [5.41, 5.74) is 0. The number of alkyl halides is 4. The van der Waals surface area contributed by atoms with Gasteiger partial charge in [-0.2, -0.15) is 13.2 Å². The van der Waals surface area contributed by atoms with Crippen LogP contribution in [0.1, 0.15) is 0 Å². The molecule has 0 bridgehead atoms. The minimum Gasteiger partial charge on any atom is -0.353 e. The van der Waals surface area contributed by atoms with Crippen LogP contribution in [-0.4, -0.2) is 32.9 Å². The Balaban J connectivity index is 3.02. The highest BCUT2D eigenvalue weighted by Gasteiger charge is 2.27. The van der Waals surface area contributed by atoms with E-state index in [1.165, 1.54) is 0 Å². The molecule has 0 N–H and O–H groups in total. The van der Waals surface area contributed by atoms with Crippen molar-refractivity contribution in [1.29, 1.82) is 0 Å². The average Bonchev–Trinajstić information content (AvgIpc) is 1.85. The molecule has 11 heavy (non-hydrogen) atoms. The molecule has 0 amide bonds. The Hall–Kier alpha value is -0.360. The molecule has 0 aliphatic heterocycles. The summed E-state index contributed by atoms with van der Waals surface area (Å²) in [6.07, 6.45) is -4.35. The molecule has 0 rings (SSSR count). The largest absolute Gasteiger partial charge is 0.411 e. The maximum absolute atomic E-state index is 11.3. The number of ether oxygens (including phenoxy) is 2. The van der Waals surface area contributed by atoms with Crippen molar-refractivity contribution in [3.63, 3.8) is 0 Å². The van der Waals surface area contributed by atoms with Crippen molar-refractivity contribution in [3.05, 3.63) is 0 Å². The Labute approximate surface area is 61.1 Å². The standard InChI is InChI=1S/C5H8F4O2/c6-1-2-10-4-11-3-5(7,8)9/h1-4H2. The molecule has 0 saturated heterocycles. The monoisotopic (exact) mass is 176 g/mol. The lowest BCUT2D eigenvalue weighted by Crippen LogP contribution is -2.18. The van der Waals surface area contributed by atoms with E-state index in [4.69, 9.17) is 0 Å². The maximum Gasteiger partial charge on any atom is 0.411 e. The summed E-state index contributed by atoms with van der Waals surface area (Å²) in [4.78, 5) is 0. The number of rotatable bonds is 5. The van der Waals surface area contributed by atoms with Crippen molar-refractivity contribution in [2.75, 3.05) is 26.7 Å². The summed E-state index contributed by atoms with van der Waals surface area (Å²) in [6, 6.07) is 0. The van der Waals surface area contributed by atoms with Gasteiger partial charge in [-0.05, 0) is 0 Å². The SMILES string of the molecule is FCCOCOCC(F)(F)F. The van der Waals surface area contributed by atoms with E-state index >= 15 is 0 Å². The summed E-state index contributed by atoms with van der Waals surface area (Å²) in [6.45, 7) is -2.85. The van der Waals surface area contributed by atoms with E-state index in [0.717, 1.165) is 0 Å². The highest BCUT2D eigenvalue weighted by atomic mass is 19.4. The molecule has 0 aliphatic carbocycles. The Kier molecular flexibility index (Phi) is 5.14. The molecule has 0 saturated carbocycles. The average molecular weight is 176 g/mol. The van der Waals surface area contributed by atoms with E-state index in [1.54, 1.807) is 0 Å².